The summed E-state index contributed by atoms with van der Waals surface area (Å²) in [7, 11) is 0. The number of benzene rings is 1. The van der Waals surface area contributed by atoms with Crippen LogP contribution < -0.4 is 0 Å². The van der Waals surface area contributed by atoms with Gasteiger partial charge < -0.3 is 4.90 Å². The van der Waals surface area contributed by atoms with Crippen molar-refractivity contribution < 1.29 is 4.79 Å². The molecule has 0 spiro atoms. The number of amides is 1. The van der Waals surface area contributed by atoms with E-state index >= 15 is 0 Å². The molecule has 0 bridgehead atoms. The molecule has 3 aromatic rings. The molecule has 0 radical (unpaired) electrons. The molecule has 1 amide bonds. The minimum atomic E-state index is 0.179. The molecule has 0 unspecified atom stereocenters. The molecular formula is C26H31N5O. The standard InChI is InChI=1S/C26H31N5O/c1-20(2)31(17-21-6-4-3-5-7-21)26(32)18-30-12-10-22(11-13-30)25-9-8-23(16-29-25)24-14-27-19-28-15-24/h3-9,14-16,19-20,22H,10-13,17-18H2,1-2H3. The summed E-state index contributed by atoms with van der Waals surface area (Å²) in [5.41, 5.74) is 4.31. The quantitative estimate of drug-likeness (QED) is 0.564. The van der Waals surface area contributed by atoms with Crippen LogP contribution >= 0.6 is 0 Å². The van der Waals surface area contributed by atoms with E-state index < -0.39 is 0 Å². The summed E-state index contributed by atoms with van der Waals surface area (Å²) in [6.07, 6.45) is 9.09. The van der Waals surface area contributed by atoms with Crippen LogP contribution in [0.4, 0.5) is 0 Å². The van der Waals surface area contributed by atoms with E-state index in [0.29, 0.717) is 19.0 Å². The lowest BCUT2D eigenvalue weighted by Gasteiger charge is -2.34. The zero-order valence-electron chi connectivity index (χ0n) is 18.9. The zero-order valence-corrected chi connectivity index (χ0v) is 18.9. The molecule has 4 rings (SSSR count). The summed E-state index contributed by atoms with van der Waals surface area (Å²) in [4.78, 5) is 30.2. The van der Waals surface area contributed by atoms with Crippen molar-refractivity contribution in [1.29, 1.82) is 0 Å². The lowest BCUT2D eigenvalue weighted by molar-refractivity contribution is -0.135. The Morgan fingerprint density at radius 2 is 1.72 bits per heavy atom. The van der Waals surface area contributed by atoms with Gasteiger partial charge in [-0.3, -0.25) is 14.7 Å². The average molecular weight is 430 g/mol. The van der Waals surface area contributed by atoms with E-state index in [9.17, 15) is 4.79 Å². The van der Waals surface area contributed by atoms with Gasteiger partial charge in [-0.2, -0.15) is 0 Å². The Morgan fingerprint density at radius 1 is 1.00 bits per heavy atom. The Bertz CT molecular complexity index is 984. The first-order chi connectivity index (χ1) is 15.6. The van der Waals surface area contributed by atoms with Crippen molar-refractivity contribution in [3.63, 3.8) is 0 Å². The highest BCUT2D eigenvalue weighted by atomic mass is 16.2. The van der Waals surface area contributed by atoms with E-state index in [2.05, 4.69) is 53.0 Å². The molecule has 2 aromatic heterocycles. The van der Waals surface area contributed by atoms with Crippen LogP contribution in [-0.4, -0.2) is 56.3 Å². The molecule has 0 atom stereocenters. The van der Waals surface area contributed by atoms with Crippen molar-refractivity contribution in [1.82, 2.24) is 24.8 Å². The normalized spacial score (nSPS) is 15.1. The Hall–Kier alpha value is -3.12. The number of hydrogen-bond donors (Lipinski definition) is 0. The molecule has 166 valence electrons. The predicted molar refractivity (Wildman–Crippen MR) is 126 cm³/mol. The molecule has 1 saturated heterocycles. The topological polar surface area (TPSA) is 62.2 Å². The van der Waals surface area contributed by atoms with Crippen LogP contribution in [0.2, 0.25) is 0 Å². The maximum atomic E-state index is 13.0. The molecule has 1 fully saturated rings. The van der Waals surface area contributed by atoms with E-state index in [1.165, 1.54) is 11.9 Å². The van der Waals surface area contributed by atoms with Gasteiger partial charge in [0.1, 0.15) is 6.33 Å². The molecule has 0 aliphatic carbocycles. The number of piperidine rings is 1. The fourth-order valence-electron chi connectivity index (χ4n) is 4.27. The van der Waals surface area contributed by atoms with E-state index in [-0.39, 0.29) is 11.9 Å². The molecule has 6 heteroatoms. The summed E-state index contributed by atoms with van der Waals surface area (Å²) in [5, 5.41) is 0. The summed E-state index contributed by atoms with van der Waals surface area (Å²) < 4.78 is 0. The predicted octanol–water partition coefficient (Wildman–Crippen LogP) is 4.16. The van der Waals surface area contributed by atoms with E-state index in [4.69, 9.17) is 4.98 Å². The molecule has 1 aliphatic rings. The van der Waals surface area contributed by atoms with Crippen LogP contribution in [0.25, 0.3) is 11.1 Å². The third-order valence-electron chi connectivity index (χ3n) is 6.18. The van der Waals surface area contributed by atoms with Gasteiger partial charge in [0, 0.05) is 53.9 Å². The zero-order chi connectivity index (χ0) is 22.3. The van der Waals surface area contributed by atoms with Crippen LogP contribution in [0.15, 0.2) is 67.4 Å². The molecule has 0 N–H and O–H groups in total. The molecule has 0 saturated carbocycles. The number of pyridine rings is 1. The Labute approximate surface area is 190 Å². The monoisotopic (exact) mass is 429 g/mol. The van der Waals surface area contributed by atoms with Gasteiger partial charge in [-0.15, -0.1) is 0 Å². The number of nitrogens with zero attached hydrogens (tertiary/aromatic N) is 5. The van der Waals surface area contributed by atoms with Gasteiger partial charge in [-0.25, -0.2) is 9.97 Å². The first kappa shape index (κ1) is 22.1. The van der Waals surface area contributed by atoms with Gasteiger partial charge in [0.2, 0.25) is 5.91 Å². The van der Waals surface area contributed by atoms with Gasteiger partial charge in [-0.1, -0.05) is 36.4 Å². The second-order valence-electron chi connectivity index (χ2n) is 8.75. The lowest BCUT2D eigenvalue weighted by Crippen LogP contribution is -2.45. The summed E-state index contributed by atoms with van der Waals surface area (Å²) in [5.74, 6) is 0.641. The van der Waals surface area contributed by atoms with Crippen molar-refractivity contribution in [2.24, 2.45) is 0 Å². The SMILES string of the molecule is CC(C)N(Cc1ccccc1)C(=O)CN1CCC(c2ccc(-c3cncnc3)cn2)CC1. The van der Waals surface area contributed by atoms with E-state index in [0.717, 1.165) is 42.8 Å². The average Bonchev–Trinajstić information content (AvgIpc) is 2.84. The number of hydrogen-bond acceptors (Lipinski definition) is 5. The second kappa shape index (κ2) is 10.5. The first-order valence-electron chi connectivity index (χ1n) is 11.4. The van der Waals surface area contributed by atoms with Gasteiger partial charge in [-0.05, 0) is 51.4 Å². The second-order valence-corrected chi connectivity index (χ2v) is 8.75. The van der Waals surface area contributed by atoms with Crippen molar-refractivity contribution in [2.75, 3.05) is 19.6 Å². The molecule has 6 nitrogen and oxygen atoms in total. The summed E-state index contributed by atoms with van der Waals surface area (Å²) in [6, 6.07) is 14.6. The highest BCUT2D eigenvalue weighted by molar-refractivity contribution is 5.78. The maximum absolute atomic E-state index is 13.0. The van der Waals surface area contributed by atoms with Crippen LogP contribution in [-0.2, 0) is 11.3 Å². The summed E-state index contributed by atoms with van der Waals surface area (Å²) >= 11 is 0. The summed E-state index contributed by atoms with van der Waals surface area (Å²) in [6.45, 7) is 7.16. The van der Waals surface area contributed by atoms with E-state index in [1.54, 1.807) is 12.4 Å². The fraction of sp³-hybridized carbons (Fsp3) is 0.385. The van der Waals surface area contributed by atoms with Crippen molar-refractivity contribution >= 4 is 5.91 Å². The molecular weight excluding hydrogens is 398 g/mol. The Balaban J connectivity index is 1.30. The number of rotatable bonds is 7. The molecule has 1 aliphatic heterocycles. The van der Waals surface area contributed by atoms with Gasteiger partial charge in [0.05, 0.1) is 6.54 Å². The number of carbonyl (C=O) groups is 1. The maximum Gasteiger partial charge on any atom is 0.237 e. The fourth-order valence-corrected chi connectivity index (χ4v) is 4.27. The molecule has 3 heterocycles. The minimum Gasteiger partial charge on any atom is -0.335 e. The lowest BCUT2D eigenvalue weighted by atomic mass is 9.92. The van der Waals surface area contributed by atoms with Crippen LogP contribution in [0.3, 0.4) is 0 Å². The van der Waals surface area contributed by atoms with Crippen LogP contribution in [0.5, 0.6) is 0 Å². The molecule has 1 aromatic carbocycles. The van der Waals surface area contributed by atoms with Crippen molar-refractivity contribution in [3.05, 3.63) is 78.6 Å². The number of aromatic nitrogens is 3. The van der Waals surface area contributed by atoms with Gasteiger partial charge in [0.15, 0.2) is 0 Å². The molecule has 32 heavy (non-hydrogen) atoms. The van der Waals surface area contributed by atoms with Gasteiger partial charge >= 0.3 is 0 Å². The third-order valence-corrected chi connectivity index (χ3v) is 6.18. The largest absolute Gasteiger partial charge is 0.335 e. The minimum absolute atomic E-state index is 0.179. The van der Waals surface area contributed by atoms with Crippen LogP contribution in [0, 0.1) is 0 Å². The smallest absolute Gasteiger partial charge is 0.237 e. The highest BCUT2D eigenvalue weighted by Crippen LogP contribution is 2.28. The Kier molecular flexibility index (Phi) is 7.22. The van der Waals surface area contributed by atoms with Crippen LogP contribution in [0.1, 0.15) is 43.9 Å². The van der Waals surface area contributed by atoms with Crippen molar-refractivity contribution in [3.8, 4) is 11.1 Å². The van der Waals surface area contributed by atoms with Crippen molar-refractivity contribution in [2.45, 2.75) is 45.2 Å². The number of likely N-dealkylation sites (tertiary alicyclic amines) is 1. The third kappa shape index (κ3) is 5.56. The first-order valence-corrected chi connectivity index (χ1v) is 11.4. The number of carbonyl (C=O) groups excluding carboxylic acids is 1. The van der Waals surface area contributed by atoms with E-state index in [1.807, 2.05) is 29.3 Å². The Morgan fingerprint density at radius 3 is 2.34 bits per heavy atom. The van der Waals surface area contributed by atoms with Gasteiger partial charge in [0.25, 0.3) is 0 Å². The highest BCUT2D eigenvalue weighted by Gasteiger charge is 2.25.